The highest BCUT2D eigenvalue weighted by Crippen LogP contribution is 2.41. The quantitative estimate of drug-likeness (QED) is 0.856. The largest absolute Gasteiger partial charge is 0.313 e. The normalized spacial score (nSPS) is 26.2. The average Bonchev–Trinajstić information content (AvgIpc) is 2.92. The van der Waals surface area contributed by atoms with Gasteiger partial charge in [-0.2, -0.15) is 11.3 Å². The van der Waals surface area contributed by atoms with Gasteiger partial charge >= 0.3 is 0 Å². The van der Waals surface area contributed by atoms with Gasteiger partial charge < -0.3 is 10.2 Å². The molecule has 2 unspecified atom stereocenters. The van der Waals surface area contributed by atoms with Crippen LogP contribution >= 0.6 is 11.3 Å². The first-order chi connectivity index (χ1) is 9.03. The van der Waals surface area contributed by atoms with Crippen molar-refractivity contribution in [3.63, 3.8) is 0 Å². The first-order valence-electron chi connectivity index (χ1n) is 7.46. The summed E-state index contributed by atoms with van der Waals surface area (Å²) in [5.74, 6) is 0.790. The van der Waals surface area contributed by atoms with E-state index in [9.17, 15) is 0 Å². The summed E-state index contributed by atoms with van der Waals surface area (Å²) in [7, 11) is 2.26. The molecule has 2 rings (SSSR count). The number of hydrogen-bond donors (Lipinski definition) is 1. The maximum absolute atomic E-state index is 3.72. The summed E-state index contributed by atoms with van der Waals surface area (Å²) >= 11 is 1.79. The lowest BCUT2D eigenvalue weighted by atomic mass is 9.84. The van der Waals surface area contributed by atoms with Gasteiger partial charge in [-0.3, -0.25) is 0 Å². The zero-order valence-corrected chi connectivity index (χ0v) is 13.6. The Labute approximate surface area is 122 Å². The highest BCUT2D eigenvalue weighted by molar-refractivity contribution is 7.07. The van der Waals surface area contributed by atoms with Gasteiger partial charge in [-0.15, -0.1) is 0 Å². The molecule has 0 radical (unpaired) electrons. The molecule has 2 atom stereocenters. The Bertz CT molecular complexity index is 372. The summed E-state index contributed by atoms with van der Waals surface area (Å²) in [6, 6.07) is 2.91. The molecule has 2 nitrogen and oxygen atoms in total. The van der Waals surface area contributed by atoms with Crippen molar-refractivity contribution >= 4 is 11.3 Å². The Hall–Kier alpha value is -0.380. The Kier molecular flexibility index (Phi) is 5.04. The highest BCUT2D eigenvalue weighted by Gasteiger charge is 2.41. The molecular formula is C16H28N2S. The zero-order chi connectivity index (χ0) is 13.9. The molecule has 0 amide bonds. The van der Waals surface area contributed by atoms with Crippen LogP contribution in [0.3, 0.4) is 0 Å². The molecular weight excluding hydrogens is 252 g/mol. The van der Waals surface area contributed by atoms with E-state index < -0.39 is 0 Å². The van der Waals surface area contributed by atoms with E-state index in [1.807, 2.05) is 0 Å². The lowest BCUT2D eigenvalue weighted by molar-refractivity contribution is 0.202. The maximum Gasteiger partial charge on any atom is 0.0239 e. The molecule has 3 heteroatoms. The molecule has 1 aromatic heterocycles. The summed E-state index contributed by atoms with van der Waals surface area (Å²) in [6.07, 6.45) is 2.71. The van der Waals surface area contributed by atoms with Crippen LogP contribution in [0.2, 0.25) is 0 Å². The Morgan fingerprint density at radius 3 is 2.89 bits per heavy atom. The summed E-state index contributed by atoms with van der Waals surface area (Å²) in [6.45, 7) is 10.4. The summed E-state index contributed by atoms with van der Waals surface area (Å²) in [5, 5.41) is 8.16. The van der Waals surface area contributed by atoms with Crippen molar-refractivity contribution < 1.29 is 0 Å². The minimum Gasteiger partial charge on any atom is -0.313 e. The van der Waals surface area contributed by atoms with Crippen LogP contribution < -0.4 is 5.32 Å². The van der Waals surface area contributed by atoms with E-state index in [1.54, 1.807) is 11.3 Å². The zero-order valence-electron chi connectivity index (χ0n) is 12.8. The van der Waals surface area contributed by atoms with Crippen molar-refractivity contribution in [3.05, 3.63) is 22.4 Å². The molecule has 1 heterocycles. The van der Waals surface area contributed by atoms with Gasteiger partial charge in [-0.25, -0.2) is 0 Å². The number of thiophene rings is 1. The molecule has 0 bridgehead atoms. The van der Waals surface area contributed by atoms with E-state index in [1.165, 1.54) is 24.9 Å². The van der Waals surface area contributed by atoms with Gasteiger partial charge in [0.15, 0.2) is 0 Å². The minimum absolute atomic E-state index is 0.448. The average molecular weight is 280 g/mol. The van der Waals surface area contributed by atoms with Gasteiger partial charge in [0.1, 0.15) is 0 Å². The predicted molar refractivity (Wildman–Crippen MR) is 84.6 cm³/mol. The van der Waals surface area contributed by atoms with Gasteiger partial charge in [0.2, 0.25) is 0 Å². The minimum atomic E-state index is 0.448. The second-order valence-corrected chi connectivity index (χ2v) is 7.43. The van der Waals surface area contributed by atoms with Crippen molar-refractivity contribution in [2.45, 2.75) is 46.2 Å². The third-order valence-electron chi connectivity index (χ3n) is 4.48. The summed E-state index contributed by atoms with van der Waals surface area (Å²) < 4.78 is 0. The monoisotopic (exact) mass is 280 g/mol. The van der Waals surface area contributed by atoms with E-state index >= 15 is 0 Å². The van der Waals surface area contributed by atoms with Gasteiger partial charge in [0.05, 0.1) is 0 Å². The molecule has 0 saturated heterocycles. The van der Waals surface area contributed by atoms with Crippen LogP contribution in [-0.4, -0.2) is 31.1 Å². The standard InChI is InChI=1S/C16H28N2S/c1-5-17-15-14(6-8-16(15,2)3)11-18(4)10-13-7-9-19-12-13/h7,9,12,14-15,17H,5-6,8,10-11H2,1-4H3. The molecule has 108 valence electrons. The van der Waals surface area contributed by atoms with E-state index in [2.05, 4.69) is 54.9 Å². The van der Waals surface area contributed by atoms with Crippen molar-refractivity contribution in [1.82, 2.24) is 10.2 Å². The Morgan fingerprint density at radius 1 is 1.47 bits per heavy atom. The molecule has 0 aromatic carbocycles. The fourth-order valence-corrected chi connectivity index (χ4v) is 4.20. The Morgan fingerprint density at radius 2 is 2.26 bits per heavy atom. The molecule has 0 spiro atoms. The maximum atomic E-state index is 3.72. The molecule has 1 aliphatic carbocycles. The van der Waals surface area contributed by atoms with Crippen molar-refractivity contribution in [2.24, 2.45) is 11.3 Å². The first kappa shape index (κ1) is 15.0. The number of hydrogen-bond acceptors (Lipinski definition) is 3. The van der Waals surface area contributed by atoms with Crippen LogP contribution in [0.5, 0.6) is 0 Å². The molecule has 1 fully saturated rings. The van der Waals surface area contributed by atoms with Crippen LogP contribution in [0.15, 0.2) is 16.8 Å². The van der Waals surface area contributed by atoms with Gasteiger partial charge in [-0.05, 0) is 60.2 Å². The third-order valence-corrected chi connectivity index (χ3v) is 5.21. The summed E-state index contributed by atoms with van der Waals surface area (Å²) in [5.41, 5.74) is 1.90. The molecule has 1 aliphatic rings. The topological polar surface area (TPSA) is 15.3 Å². The molecule has 19 heavy (non-hydrogen) atoms. The molecule has 1 saturated carbocycles. The number of nitrogens with one attached hydrogen (secondary N) is 1. The van der Waals surface area contributed by atoms with Crippen molar-refractivity contribution in [1.29, 1.82) is 0 Å². The van der Waals surface area contributed by atoms with Gasteiger partial charge in [0, 0.05) is 19.1 Å². The van der Waals surface area contributed by atoms with E-state index in [-0.39, 0.29) is 0 Å². The predicted octanol–water partition coefficient (Wildman–Crippen LogP) is 3.59. The molecule has 1 N–H and O–H groups in total. The van der Waals surface area contributed by atoms with Crippen LogP contribution in [-0.2, 0) is 6.54 Å². The fourth-order valence-electron chi connectivity index (χ4n) is 3.54. The highest BCUT2D eigenvalue weighted by atomic mass is 32.1. The molecule has 1 aromatic rings. The van der Waals surface area contributed by atoms with E-state index in [4.69, 9.17) is 0 Å². The first-order valence-corrected chi connectivity index (χ1v) is 8.40. The molecule has 0 aliphatic heterocycles. The SMILES string of the molecule is CCNC1C(CN(C)Cc2ccsc2)CCC1(C)C. The lowest BCUT2D eigenvalue weighted by Crippen LogP contribution is -2.45. The van der Waals surface area contributed by atoms with Crippen LogP contribution in [0, 0.1) is 11.3 Å². The lowest BCUT2D eigenvalue weighted by Gasteiger charge is -2.33. The third kappa shape index (κ3) is 3.80. The van der Waals surface area contributed by atoms with Crippen LogP contribution in [0.4, 0.5) is 0 Å². The number of rotatable bonds is 6. The van der Waals surface area contributed by atoms with Crippen LogP contribution in [0.1, 0.15) is 39.2 Å². The van der Waals surface area contributed by atoms with E-state index in [0.29, 0.717) is 11.5 Å². The van der Waals surface area contributed by atoms with Gasteiger partial charge in [0.25, 0.3) is 0 Å². The Balaban J connectivity index is 1.90. The van der Waals surface area contributed by atoms with Crippen LogP contribution in [0.25, 0.3) is 0 Å². The van der Waals surface area contributed by atoms with Crippen molar-refractivity contribution in [3.8, 4) is 0 Å². The van der Waals surface area contributed by atoms with Crippen molar-refractivity contribution in [2.75, 3.05) is 20.1 Å². The summed E-state index contributed by atoms with van der Waals surface area (Å²) in [4.78, 5) is 2.48. The number of nitrogens with zero attached hydrogens (tertiary/aromatic N) is 1. The smallest absolute Gasteiger partial charge is 0.0239 e. The van der Waals surface area contributed by atoms with E-state index in [0.717, 1.165) is 19.0 Å². The van der Waals surface area contributed by atoms with Gasteiger partial charge in [-0.1, -0.05) is 20.8 Å². The fraction of sp³-hybridized carbons (Fsp3) is 0.750. The second kappa shape index (κ2) is 6.38. The second-order valence-electron chi connectivity index (χ2n) is 6.65.